The Morgan fingerprint density at radius 3 is 2.52 bits per heavy atom. The number of nitrogens with two attached hydrogens (primary N) is 1. The van der Waals surface area contributed by atoms with Crippen LogP contribution in [0.5, 0.6) is 0 Å². The highest BCUT2D eigenvalue weighted by Crippen LogP contribution is 2.37. The van der Waals surface area contributed by atoms with Crippen LogP contribution in [0.2, 0.25) is 0 Å². The fourth-order valence-corrected chi connectivity index (χ4v) is 3.88. The highest BCUT2D eigenvalue weighted by Gasteiger charge is 2.23. The van der Waals surface area contributed by atoms with Crippen LogP contribution < -0.4 is 5.73 Å². The summed E-state index contributed by atoms with van der Waals surface area (Å²) in [5.41, 5.74) is 9.44. The Morgan fingerprint density at radius 1 is 1.06 bits per heavy atom. The standard InChI is InChI=1S/C25H20FN5O2/c1-2-20(24(27)32)31-13-19(22(30-31)16-8-10-17(26)11-9-16)23-18-12-21(15-6-4-3-5-7-15)33-25(18)29-14-28-23/h3-14,20H,2H2,1H3,(H2,27,32). The molecule has 5 rings (SSSR count). The molecule has 0 radical (unpaired) electrons. The van der Waals surface area contributed by atoms with Crippen molar-refractivity contribution >= 4 is 17.0 Å². The van der Waals surface area contributed by atoms with E-state index in [1.165, 1.54) is 18.5 Å². The predicted molar refractivity (Wildman–Crippen MR) is 122 cm³/mol. The number of nitrogens with zero attached hydrogens (tertiary/aromatic N) is 4. The summed E-state index contributed by atoms with van der Waals surface area (Å²) in [7, 11) is 0. The van der Waals surface area contributed by atoms with E-state index in [1.807, 2.05) is 43.3 Å². The van der Waals surface area contributed by atoms with Gasteiger partial charge in [0.1, 0.15) is 29.6 Å². The zero-order valence-corrected chi connectivity index (χ0v) is 17.8. The van der Waals surface area contributed by atoms with E-state index in [9.17, 15) is 9.18 Å². The summed E-state index contributed by atoms with van der Waals surface area (Å²) in [5.74, 6) is -0.179. The Balaban J connectivity index is 1.72. The third kappa shape index (κ3) is 3.76. The topological polar surface area (TPSA) is 99.8 Å². The Bertz CT molecular complexity index is 1440. The third-order valence-electron chi connectivity index (χ3n) is 5.53. The number of rotatable bonds is 6. The number of hydrogen-bond donors (Lipinski definition) is 1. The lowest BCUT2D eigenvalue weighted by molar-refractivity contribution is -0.121. The van der Waals surface area contributed by atoms with Gasteiger partial charge < -0.3 is 10.2 Å². The lowest BCUT2D eigenvalue weighted by Crippen LogP contribution is -2.26. The number of carbonyl (C=O) groups is 1. The second kappa shape index (κ2) is 8.31. The number of hydrogen-bond acceptors (Lipinski definition) is 5. The molecule has 1 amide bonds. The summed E-state index contributed by atoms with van der Waals surface area (Å²) in [5, 5.41) is 5.35. The minimum Gasteiger partial charge on any atom is -0.438 e. The van der Waals surface area contributed by atoms with Crippen LogP contribution in [0.25, 0.3) is 44.9 Å². The molecule has 1 atom stereocenters. The van der Waals surface area contributed by atoms with Crippen molar-refractivity contribution in [2.75, 3.05) is 0 Å². The van der Waals surface area contributed by atoms with Gasteiger partial charge in [-0.25, -0.2) is 14.4 Å². The number of halogens is 1. The van der Waals surface area contributed by atoms with Crippen molar-refractivity contribution < 1.29 is 13.6 Å². The molecule has 33 heavy (non-hydrogen) atoms. The fourth-order valence-electron chi connectivity index (χ4n) is 3.88. The fraction of sp³-hybridized carbons (Fsp3) is 0.120. The van der Waals surface area contributed by atoms with Gasteiger partial charge in [-0.05, 0) is 36.8 Å². The van der Waals surface area contributed by atoms with Gasteiger partial charge in [-0.3, -0.25) is 9.48 Å². The molecule has 3 aromatic heterocycles. The molecule has 1 unspecified atom stereocenters. The van der Waals surface area contributed by atoms with Gasteiger partial charge in [-0.1, -0.05) is 37.3 Å². The molecule has 7 nitrogen and oxygen atoms in total. The third-order valence-corrected chi connectivity index (χ3v) is 5.53. The minimum absolute atomic E-state index is 0.352. The zero-order chi connectivity index (χ0) is 22.9. The maximum absolute atomic E-state index is 13.6. The van der Waals surface area contributed by atoms with Crippen molar-refractivity contribution in [3.05, 3.63) is 79.0 Å². The van der Waals surface area contributed by atoms with Gasteiger partial charge in [0.05, 0.1) is 11.1 Å². The molecule has 0 spiro atoms. The predicted octanol–water partition coefficient (Wildman–Crippen LogP) is 5.00. The van der Waals surface area contributed by atoms with E-state index in [1.54, 1.807) is 23.0 Å². The van der Waals surface area contributed by atoms with Gasteiger partial charge in [0.25, 0.3) is 0 Å². The highest BCUT2D eigenvalue weighted by atomic mass is 19.1. The lowest BCUT2D eigenvalue weighted by atomic mass is 10.0. The zero-order valence-electron chi connectivity index (χ0n) is 17.8. The number of furan rings is 1. The first-order chi connectivity index (χ1) is 16.0. The van der Waals surface area contributed by atoms with Crippen LogP contribution in [0, 0.1) is 5.82 Å². The number of carbonyl (C=O) groups excluding carboxylic acids is 1. The van der Waals surface area contributed by atoms with Crippen LogP contribution in [0.15, 0.2) is 77.6 Å². The maximum Gasteiger partial charge on any atom is 0.242 e. The quantitative estimate of drug-likeness (QED) is 0.400. The van der Waals surface area contributed by atoms with Gasteiger partial charge >= 0.3 is 0 Å². The van der Waals surface area contributed by atoms with Gasteiger partial charge in [0.15, 0.2) is 0 Å². The molecule has 164 valence electrons. The first-order valence-electron chi connectivity index (χ1n) is 10.5. The molecule has 3 heterocycles. The van der Waals surface area contributed by atoms with Gasteiger partial charge in [0.2, 0.25) is 11.6 Å². The highest BCUT2D eigenvalue weighted by molar-refractivity contribution is 5.96. The second-order valence-corrected chi connectivity index (χ2v) is 7.62. The molecule has 0 aliphatic rings. The van der Waals surface area contributed by atoms with E-state index in [4.69, 9.17) is 10.2 Å². The Hall–Kier alpha value is -4.33. The largest absolute Gasteiger partial charge is 0.438 e. The van der Waals surface area contributed by atoms with Crippen molar-refractivity contribution in [3.63, 3.8) is 0 Å². The first-order valence-corrected chi connectivity index (χ1v) is 10.5. The minimum atomic E-state index is -0.625. The number of benzene rings is 2. The number of aromatic nitrogens is 4. The maximum atomic E-state index is 13.6. The summed E-state index contributed by atoms with van der Waals surface area (Å²) >= 11 is 0. The SMILES string of the molecule is CCC(C(N)=O)n1cc(-c2ncnc3oc(-c4ccccc4)cc23)c(-c2ccc(F)cc2)n1. The van der Waals surface area contributed by atoms with E-state index in [0.29, 0.717) is 45.8 Å². The average molecular weight is 441 g/mol. The van der Waals surface area contributed by atoms with Crippen LogP contribution in [-0.4, -0.2) is 25.7 Å². The van der Waals surface area contributed by atoms with Crippen LogP contribution in [-0.2, 0) is 4.79 Å². The summed E-state index contributed by atoms with van der Waals surface area (Å²) in [4.78, 5) is 20.8. The van der Waals surface area contributed by atoms with Crippen LogP contribution >= 0.6 is 0 Å². The van der Waals surface area contributed by atoms with E-state index < -0.39 is 11.9 Å². The Kier molecular flexibility index (Phi) is 5.18. The van der Waals surface area contributed by atoms with E-state index >= 15 is 0 Å². The Morgan fingerprint density at radius 2 is 1.82 bits per heavy atom. The van der Waals surface area contributed by atoms with Crippen molar-refractivity contribution in [1.29, 1.82) is 0 Å². The molecule has 0 aliphatic carbocycles. The van der Waals surface area contributed by atoms with E-state index in [-0.39, 0.29) is 5.82 Å². The molecular weight excluding hydrogens is 421 g/mol. The summed E-state index contributed by atoms with van der Waals surface area (Å²) in [6.07, 6.45) is 3.64. The summed E-state index contributed by atoms with van der Waals surface area (Å²) < 4.78 is 21.1. The molecule has 0 bridgehead atoms. The molecular formula is C25H20FN5O2. The summed E-state index contributed by atoms with van der Waals surface area (Å²) in [6, 6.07) is 17.0. The normalized spacial score (nSPS) is 12.2. The number of fused-ring (bicyclic) bond motifs is 1. The van der Waals surface area contributed by atoms with Gasteiger partial charge in [-0.15, -0.1) is 0 Å². The lowest BCUT2D eigenvalue weighted by Gasteiger charge is -2.10. The van der Waals surface area contributed by atoms with Crippen molar-refractivity contribution in [1.82, 2.24) is 19.7 Å². The smallest absolute Gasteiger partial charge is 0.242 e. The van der Waals surface area contributed by atoms with Crippen LogP contribution in [0.4, 0.5) is 4.39 Å². The molecule has 0 saturated carbocycles. The van der Waals surface area contributed by atoms with E-state index in [0.717, 1.165) is 5.56 Å². The van der Waals surface area contributed by atoms with Crippen LogP contribution in [0.1, 0.15) is 19.4 Å². The van der Waals surface area contributed by atoms with Crippen molar-refractivity contribution in [3.8, 4) is 33.8 Å². The van der Waals surface area contributed by atoms with Crippen molar-refractivity contribution in [2.45, 2.75) is 19.4 Å². The molecule has 0 fully saturated rings. The van der Waals surface area contributed by atoms with Crippen LogP contribution in [0.3, 0.4) is 0 Å². The molecule has 5 aromatic rings. The average Bonchev–Trinajstić information content (AvgIpc) is 3.45. The number of amides is 1. The van der Waals surface area contributed by atoms with Crippen molar-refractivity contribution in [2.24, 2.45) is 5.73 Å². The monoisotopic (exact) mass is 441 g/mol. The van der Waals surface area contributed by atoms with E-state index in [2.05, 4.69) is 15.1 Å². The van der Waals surface area contributed by atoms with Gasteiger partial charge in [0, 0.05) is 22.9 Å². The molecule has 8 heteroatoms. The Labute approximate surface area is 188 Å². The number of primary amides is 1. The summed E-state index contributed by atoms with van der Waals surface area (Å²) in [6.45, 7) is 1.86. The molecule has 2 aromatic carbocycles. The molecule has 0 aliphatic heterocycles. The molecule has 2 N–H and O–H groups in total. The van der Waals surface area contributed by atoms with Gasteiger partial charge in [-0.2, -0.15) is 5.10 Å². The first kappa shape index (κ1) is 20.6. The molecule has 0 saturated heterocycles. The second-order valence-electron chi connectivity index (χ2n) is 7.62.